The van der Waals surface area contributed by atoms with Gasteiger partial charge in [0, 0.05) is 4.88 Å². The standard InChI is InChI=1S/C15H16O2S/c16-15-5-1-3-11-9-12(6-7-14(11)15)17-10-13-4-2-8-18-13/h2,4,6-9,15-16H,1,3,5,10H2. The molecule has 1 aliphatic carbocycles. The van der Waals surface area contributed by atoms with Gasteiger partial charge in [-0.15, -0.1) is 11.3 Å². The summed E-state index contributed by atoms with van der Waals surface area (Å²) in [5.74, 6) is 0.899. The summed E-state index contributed by atoms with van der Waals surface area (Å²) >= 11 is 1.71. The lowest BCUT2D eigenvalue weighted by Gasteiger charge is -2.21. The van der Waals surface area contributed by atoms with Crippen molar-refractivity contribution < 1.29 is 9.84 Å². The van der Waals surface area contributed by atoms with Crippen LogP contribution in [-0.2, 0) is 13.0 Å². The Morgan fingerprint density at radius 2 is 2.28 bits per heavy atom. The highest BCUT2D eigenvalue weighted by molar-refractivity contribution is 7.09. The zero-order chi connectivity index (χ0) is 12.4. The number of ether oxygens (including phenoxy) is 1. The predicted octanol–water partition coefficient (Wildman–Crippen LogP) is 3.70. The number of hydrogen-bond donors (Lipinski definition) is 1. The Kier molecular flexibility index (Phi) is 3.35. The Hall–Kier alpha value is -1.32. The van der Waals surface area contributed by atoms with Gasteiger partial charge in [-0.1, -0.05) is 12.1 Å². The summed E-state index contributed by atoms with van der Waals surface area (Å²) in [4.78, 5) is 1.23. The monoisotopic (exact) mass is 260 g/mol. The van der Waals surface area contributed by atoms with Crippen LogP contribution in [-0.4, -0.2) is 5.11 Å². The number of thiophene rings is 1. The molecule has 0 saturated heterocycles. The van der Waals surface area contributed by atoms with E-state index in [4.69, 9.17) is 4.74 Å². The molecule has 0 bridgehead atoms. The number of aryl methyl sites for hydroxylation is 1. The first-order chi connectivity index (χ1) is 8.83. The molecule has 1 aromatic heterocycles. The molecule has 2 aromatic rings. The molecule has 0 amide bonds. The highest BCUT2D eigenvalue weighted by Gasteiger charge is 2.18. The molecule has 0 radical (unpaired) electrons. The molecule has 3 heteroatoms. The number of benzene rings is 1. The minimum atomic E-state index is -0.292. The third-order valence-corrected chi connectivity index (χ3v) is 4.21. The second kappa shape index (κ2) is 5.12. The van der Waals surface area contributed by atoms with Crippen molar-refractivity contribution in [3.63, 3.8) is 0 Å². The summed E-state index contributed by atoms with van der Waals surface area (Å²) in [7, 11) is 0. The van der Waals surface area contributed by atoms with Crippen molar-refractivity contribution in [2.45, 2.75) is 32.0 Å². The maximum Gasteiger partial charge on any atom is 0.122 e. The molecule has 1 aliphatic rings. The van der Waals surface area contributed by atoms with Crippen LogP contribution in [0, 0.1) is 0 Å². The van der Waals surface area contributed by atoms with E-state index >= 15 is 0 Å². The summed E-state index contributed by atoms with van der Waals surface area (Å²) < 4.78 is 5.78. The summed E-state index contributed by atoms with van der Waals surface area (Å²) in [6, 6.07) is 10.1. The minimum absolute atomic E-state index is 0.292. The second-order valence-corrected chi connectivity index (χ2v) is 5.67. The molecule has 0 spiro atoms. The van der Waals surface area contributed by atoms with Crippen LogP contribution in [0.3, 0.4) is 0 Å². The van der Waals surface area contributed by atoms with E-state index in [2.05, 4.69) is 17.5 Å². The molecular formula is C15H16O2S. The molecular weight excluding hydrogens is 244 g/mol. The van der Waals surface area contributed by atoms with Gasteiger partial charge in [0.05, 0.1) is 6.10 Å². The van der Waals surface area contributed by atoms with Crippen LogP contribution in [0.4, 0.5) is 0 Å². The first-order valence-corrected chi connectivity index (χ1v) is 7.17. The third kappa shape index (κ3) is 2.42. The highest BCUT2D eigenvalue weighted by atomic mass is 32.1. The molecule has 0 aliphatic heterocycles. The average molecular weight is 260 g/mol. The normalized spacial score (nSPS) is 18.4. The van der Waals surface area contributed by atoms with E-state index in [9.17, 15) is 5.11 Å². The Morgan fingerprint density at radius 1 is 1.33 bits per heavy atom. The average Bonchev–Trinajstić information content (AvgIpc) is 2.90. The van der Waals surface area contributed by atoms with Gasteiger partial charge < -0.3 is 9.84 Å². The molecule has 94 valence electrons. The molecule has 0 fully saturated rings. The van der Waals surface area contributed by atoms with Crippen LogP contribution < -0.4 is 4.74 Å². The SMILES string of the molecule is OC1CCCc2cc(OCc3cccs3)ccc21. The van der Waals surface area contributed by atoms with Crippen LogP contribution in [0.2, 0.25) is 0 Å². The number of aliphatic hydroxyl groups excluding tert-OH is 1. The van der Waals surface area contributed by atoms with Gasteiger partial charge in [0.2, 0.25) is 0 Å². The smallest absolute Gasteiger partial charge is 0.122 e. The summed E-state index contributed by atoms with van der Waals surface area (Å²) in [6.45, 7) is 0.624. The Balaban J connectivity index is 1.74. The van der Waals surface area contributed by atoms with Crippen molar-refractivity contribution in [3.05, 3.63) is 51.7 Å². The lowest BCUT2D eigenvalue weighted by Crippen LogP contribution is -2.09. The fourth-order valence-electron chi connectivity index (χ4n) is 2.40. The molecule has 1 aromatic carbocycles. The zero-order valence-corrected chi connectivity index (χ0v) is 11.0. The van der Waals surface area contributed by atoms with Crippen LogP contribution in [0.15, 0.2) is 35.7 Å². The van der Waals surface area contributed by atoms with E-state index in [1.807, 2.05) is 18.2 Å². The van der Waals surface area contributed by atoms with Crippen molar-refractivity contribution >= 4 is 11.3 Å². The first kappa shape index (κ1) is 11.8. The topological polar surface area (TPSA) is 29.5 Å². The zero-order valence-electron chi connectivity index (χ0n) is 10.1. The van der Waals surface area contributed by atoms with Gasteiger partial charge in [0.25, 0.3) is 0 Å². The number of fused-ring (bicyclic) bond motifs is 1. The van der Waals surface area contributed by atoms with Gasteiger partial charge in [-0.25, -0.2) is 0 Å². The second-order valence-electron chi connectivity index (χ2n) is 4.64. The van der Waals surface area contributed by atoms with Gasteiger partial charge >= 0.3 is 0 Å². The molecule has 3 rings (SSSR count). The fourth-order valence-corrected chi connectivity index (χ4v) is 3.02. The lowest BCUT2D eigenvalue weighted by atomic mass is 9.89. The maximum absolute atomic E-state index is 9.89. The molecule has 1 heterocycles. The van der Waals surface area contributed by atoms with Gasteiger partial charge in [-0.3, -0.25) is 0 Å². The fraction of sp³-hybridized carbons (Fsp3) is 0.333. The number of rotatable bonds is 3. The van der Waals surface area contributed by atoms with Crippen molar-refractivity contribution in [2.24, 2.45) is 0 Å². The van der Waals surface area contributed by atoms with Crippen LogP contribution in [0.5, 0.6) is 5.75 Å². The molecule has 1 unspecified atom stereocenters. The Morgan fingerprint density at radius 3 is 3.11 bits per heavy atom. The van der Waals surface area contributed by atoms with E-state index < -0.39 is 0 Å². The third-order valence-electron chi connectivity index (χ3n) is 3.36. The minimum Gasteiger partial charge on any atom is -0.488 e. The molecule has 0 saturated carbocycles. The number of aliphatic hydroxyl groups is 1. The van der Waals surface area contributed by atoms with E-state index in [0.29, 0.717) is 6.61 Å². The van der Waals surface area contributed by atoms with Gasteiger partial charge in [0.15, 0.2) is 0 Å². The van der Waals surface area contributed by atoms with E-state index in [1.165, 1.54) is 10.4 Å². The van der Waals surface area contributed by atoms with Crippen molar-refractivity contribution in [3.8, 4) is 5.75 Å². The van der Waals surface area contributed by atoms with E-state index in [0.717, 1.165) is 30.6 Å². The quantitative estimate of drug-likeness (QED) is 0.912. The molecule has 18 heavy (non-hydrogen) atoms. The molecule has 1 N–H and O–H groups in total. The van der Waals surface area contributed by atoms with Crippen LogP contribution >= 0.6 is 11.3 Å². The first-order valence-electron chi connectivity index (χ1n) is 6.29. The summed E-state index contributed by atoms with van der Waals surface area (Å²) in [5.41, 5.74) is 2.31. The molecule has 1 atom stereocenters. The van der Waals surface area contributed by atoms with Crippen molar-refractivity contribution in [2.75, 3.05) is 0 Å². The van der Waals surface area contributed by atoms with Gasteiger partial charge in [-0.2, -0.15) is 0 Å². The van der Waals surface area contributed by atoms with Crippen LogP contribution in [0.25, 0.3) is 0 Å². The van der Waals surface area contributed by atoms with Gasteiger partial charge in [0.1, 0.15) is 12.4 Å². The lowest BCUT2D eigenvalue weighted by molar-refractivity contribution is 0.156. The molecule has 2 nitrogen and oxygen atoms in total. The summed E-state index contributed by atoms with van der Waals surface area (Å²) in [6.07, 6.45) is 2.69. The summed E-state index contributed by atoms with van der Waals surface area (Å²) in [5, 5.41) is 12.0. The van der Waals surface area contributed by atoms with E-state index in [-0.39, 0.29) is 6.10 Å². The van der Waals surface area contributed by atoms with E-state index in [1.54, 1.807) is 11.3 Å². The largest absolute Gasteiger partial charge is 0.488 e. The number of hydrogen-bond acceptors (Lipinski definition) is 3. The van der Waals surface area contributed by atoms with Crippen LogP contribution in [0.1, 0.15) is 34.9 Å². The van der Waals surface area contributed by atoms with Crippen molar-refractivity contribution in [1.82, 2.24) is 0 Å². The Bertz CT molecular complexity index is 519. The van der Waals surface area contributed by atoms with Gasteiger partial charge in [-0.05, 0) is 54.0 Å². The predicted molar refractivity (Wildman–Crippen MR) is 73.0 cm³/mol. The highest BCUT2D eigenvalue weighted by Crippen LogP contribution is 2.32. The Labute approximate surface area is 111 Å². The maximum atomic E-state index is 9.89. The van der Waals surface area contributed by atoms with Crippen molar-refractivity contribution in [1.29, 1.82) is 0 Å².